The van der Waals surface area contributed by atoms with Crippen LogP contribution < -0.4 is 5.32 Å². The smallest absolute Gasteiger partial charge is 0.222 e. The summed E-state index contributed by atoms with van der Waals surface area (Å²) in [7, 11) is 0. The lowest BCUT2D eigenvalue weighted by molar-refractivity contribution is -0.121. The van der Waals surface area contributed by atoms with Crippen LogP contribution in [0, 0.1) is 13.8 Å². The Labute approximate surface area is 172 Å². The SMILES string of the molecule is CCNC(=O)CC1N=C(c2ccc(Cl)cc2)c2sc(C)cc2-c2c(C)noc21. The van der Waals surface area contributed by atoms with Crippen LogP contribution in [0.2, 0.25) is 5.02 Å². The monoisotopic (exact) mass is 413 g/mol. The summed E-state index contributed by atoms with van der Waals surface area (Å²) in [6, 6.07) is 9.33. The molecule has 1 aliphatic rings. The summed E-state index contributed by atoms with van der Waals surface area (Å²) < 4.78 is 5.67. The van der Waals surface area contributed by atoms with Crippen molar-refractivity contribution in [2.24, 2.45) is 4.99 Å². The van der Waals surface area contributed by atoms with Gasteiger partial charge >= 0.3 is 0 Å². The number of aliphatic imine (C=N–C) groups is 1. The minimum atomic E-state index is -0.437. The molecule has 1 aromatic carbocycles. The molecule has 144 valence electrons. The fourth-order valence-electron chi connectivity index (χ4n) is 3.49. The Hall–Kier alpha value is -2.44. The van der Waals surface area contributed by atoms with Gasteiger partial charge in [-0.1, -0.05) is 28.9 Å². The third-order valence-electron chi connectivity index (χ3n) is 4.69. The molecule has 1 atom stereocenters. The van der Waals surface area contributed by atoms with E-state index in [9.17, 15) is 4.79 Å². The van der Waals surface area contributed by atoms with Gasteiger partial charge in [0.15, 0.2) is 5.76 Å². The van der Waals surface area contributed by atoms with Crippen molar-refractivity contribution in [2.45, 2.75) is 33.2 Å². The Morgan fingerprint density at radius 3 is 2.75 bits per heavy atom. The van der Waals surface area contributed by atoms with Gasteiger partial charge in [0.2, 0.25) is 5.91 Å². The van der Waals surface area contributed by atoms with E-state index in [1.165, 1.54) is 4.88 Å². The molecule has 1 unspecified atom stereocenters. The van der Waals surface area contributed by atoms with Gasteiger partial charge < -0.3 is 9.84 Å². The van der Waals surface area contributed by atoms with Gasteiger partial charge in [0.05, 0.1) is 28.3 Å². The molecule has 1 amide bonds. The summed E-state index contributed by atoms with van der Waals surface area (Å²) in [6.07, 6.45) is 0.209. The van der Waals surface area contributed by atoms with Gasteiger partial charge in [0.25, 0.3) is 0 Å². The fraction of sp³-hybridized carbons (Fsp3) is 0.286. The molecule has 0 bridgehead atoms. The number of nitrogens with zero attached hydrogens (tertiary/aromatic N) is 2. The number of aryl methyl sites for hydroxylation is 2. The van der Waals surface area contributed by atoms with Gasteiger partial charge in [-0.05, 0) is 39.0 Å². The van der Waals surface area contributed by atoms with Crippen molar-refractivity contribution in [2.75, 3.05) is 6.54 Å². The minimum absolute atomic E-state index is 0.0619. The first-order valence-corrected chi connectivity index (χ1v) is 10.3. The number of hydrogen-bond donors (Lipinski definition) is 1. The summed E-state index contributed by atoms with van der Waals surface area (Å²) >= 11 is 7.77. The van der Waals surface area contributed by atoms with E-state index in [0.717, 1.165) is 33.0 Å². The average Bonchev–Trinajstić information content (AvgIpc) is 3.19. The van der Waals surface area contributed by atoms with Crippen molar-refractivity contribution < 1.29 is 9.32 Å². The first kappa shape index (κ1) is 18.9. The molecule has 2 aromatic heterocycles. The van der Waals surface area contributed by atoms with Crippen molar-refractivity contribution >= 4 is 34.6 Å². The van der Waals surface area contributed by atoms with E-state index in [1.807, 2.05) is 38.1 Å². The van der Waals surface area contributed by atoms with E-state index in [2.05, 4.69) is 23.5 Å². The maximum atomic E-state index is 12.3. The van der Waals surface area contributed by atoms with Gasteiger partial charge in [-0.25, -0.2) is 0 Å². The van der Waals surface area contributed by atoms with Gasteiger partial charge in [-0.15, -0.1) is 11.3 Å². The summed E-state index contributed by atoms with van der Waals surface area (Å²) in [5.74, 6) is 0.583. The zero-order chi connectivity index (χ0) is 19.8. The number of carbonyl (C=O) groups excluding carboxylic acids is 1. The molecule has 28 heavy (non-hydrogen) atoms. The fourth-order valence-corrected chi connectivity index (χ4v) is 4.65. The molecule has 0 aliphatic carbocycles. The van der Waals surface area contributed by atoms with Crippen molar-refractivity contribution in [3.8, 4) is 11.1 Å². The molecule has 0 saturated carbocycles. The van der Waals surface area contributed by atoms with Crippen molar-refractivity contribution in [1.82, 2.24) is 10.5 Å². The van der Waals surface area contributed by atoms with Crippen molar-refractivity contribution in [1.29, 1.82) is 0 Å². The number of benzene rings is 1. The average molecular weight is 414 g/mol. The summed E-state index contributed by atoms with van der Waals surface area (Å²) in [5.41, 5.74) is 4.63. The number of amides is 1. The Bertz CT molecular complexity index is 1070. The van der Waals surface area contributed by atoms with Crippen LogP contribution in [0.4, 0.5) is 0 Å². The van der Waals surface area contributed by atoms with Crippen molar-refractivity contribution in [3.63, 3.8) is 0 Å². The normalized spacial score (nSPS) is 15.4. The van der Waals surface area contributed by atoms with Crippen LogP contribution in [-0.4, -0.2) is 23.3 Å². The molecule has 4 rings (SSSR count). The molecular formula is C21H20ClN3O2S. The van der Waals surface area contributed by atoms with Crippen LogP contribution in [0.25, 0.3) is 11.1 Å². The number of thiophene rings is 1. The first-order chi connectivity index (χ1) is 13.5. The molecule has 0 radical (unpaired) electrons. The van der Waals surface area contributed by atoms with Crippen molar-refractivity contribution in [3.05, 3.63) is 62.1 Å². The lowest BCUT2D eigenvalue weighted by Crippen LogP contribution is -2.24. The van der Waals surface area contributed by atoms with E-state index in [4.69, 9.17) is 21.1 Å². The van der Waals surface area contributed by atoms with Crippen LogP contribution in [0.5, 0.6) is 0 Å². The zero-order valence-corrected chi connectivity index (χ0v) is 17.4. The molecule has 0 fully saturated rings. The van der Waals surface area contributed by atoms with Gasteiger partial charge in [-0.3, -0.25) is 9.79 Å². The predicted molar refractivity (Wildman–Crippen MR) is 112 cm³/mol. The zero-order valence-electron chi connectivity index (χ0n) is 15.9. The lowest BCUT2D eigenvalue weighted by Gasteiger charge is -2.11. The molecular weight excluding hydrogens is 394 g/mol. The topological polar surface area (TPSA) is 67.5 Å². The van der Waals surface area contributed by atoms with E-state index in [1.54, 1.807) is 11.3 Å². The summed E-state index contributed by atoms with van der Waals surface area (Å²) in [6.45, 7) is 6.48. The second kappa shape index (κ2) is 7.53. The molecule has 3 heterocycles. The number of nitrogens with one attached hydrogen (secondary N) is 1. The number of halogens is 1. The van der Waals surface area contributed by atoms with E-state index < -0.39 is 6.04 Å². The first-order valence-electron chi connectivity index (χ1n) is 9.15. The van der Waals surface area contributed by atoms with E-state index in [-0.39, 0.29) is 12.3 Å². The molecule has 1 aliphatic heterocycles. The maximum absolute atomic E-state index is 12.3. The minimum Gasteiger partial charge on any atom is -0.358 e. The molecule has 0 spiro atoms. The highest BCUT2D eigenvalue weighted by Crippen LogP contribution is 2.43. The number of aromatic nitrogens is 1. The Balaban J connectivity index is 1.92. The Kier molecular flexibility index (Phi) is 5.08. The van der Waals surface area contributed by atoms with Crippen LogP contribution in [0.1, 0.15) is 46.2 Å². The van der Waals surface area contributed by atoms with Gasteiger partial charge in [-0.2, -0.15) is 0 Å². The second-order valence-electron chi connectivity index (χ2n) is 6.77. The molecule has 1 N–H and O–H groups in total. The number of carbonyl (C=O) groups is 1. The van der Waals surface area contributed by atoms with E-state index >= 15 is 0 Å². The third kappa shape index (κ3) is 3.38. The molecule has 7 heteroatoms. The van der Waals surface area contributed by atoms with Crippen LogP contribution in [0.3, 0.4) is 0 Å². The largest absolute Gasteiger partial charge is 0.358 e. The standard InChI is InChI=1S/C21H20ClN3O2S/c1-4-23-17(26)10-16-20-18(12(3)25-27-20)15-9-11(2)28-21(15)19(24-16)13-5-7-14(22)8-6-13/h5-9,16H,4,10H2,1-3H3,(H,23,26). The highest BCUT2D eigenvalue weighted by Gasteiger charge is 2.32. The number of fused-ring (bicyclic) bond motifs is 3. The third-order valence-corrected chi connectivity index (χ3v) is 6.00. The van der Waals surface area contributed by atoms with E-state index in [0.29, 0.717) is 17.3 Å². The Morgan fingerprint density at radius 2 is 2.04 bits per heavy atom. The van der Waals surface area contributed by atoms with Crippen LogP contribution >= 0.6 is 22.9 Å². The summed E-state index contributed by atoms with van der Waals surface area (Å²) in [5, 5.41) is 7.70. The summed E-state index contributed by atoms with van der Waals surface area (Å²) in [4.78, 5) is 19.6. The highest BCUT2D eigenvalue weighted by atomic mass is 35.5. The van der Waals surface area contributed by atoms with Gasteiger partial charge in [0, 0.05) is 27.6 Å². The molecule has 0 saturated heterocycles. The molecule has 3 aromatic rings. The number of rotatable bonds is 4. The molecule has 5 nitrogen and oxygen atoms in total. The lowest BCUT2D eigenvalue weighted by atomic mass is 9.99. The van der Waals surface area contributed by atoms with Gasteiger partial charge in [0.1, 0.15) is 6.04 Å². The number of hydrogen-bond acceptors (Lipinski definition) is 5. The predicted octanol–water partition coefficient (Wildman–Crippen LogP) is 5.09. The quantitative estimate of drug-likeness (QED) is 0.647. The second-order valence-corrected chi connectivity index (χ2v) is 8.46. The van der Waals surface area contributed by atoms with Crippen LogP contribution in [-0.2, 0) is 4.79 Å². The van der Waals surface area contributed by atoms with Crippen LogP contribution in [0.15, 0.2) is 39.8 Å². The highest BCUT2D eigenvalue weighted by molar-refractivity contribution is 7.14. The maximum Gasteiger partial charge on any atom is 0.222 e. The Morgan fingerprint density at radius 1 is 1.29 bits per heavy atom.